The van der Waals surface area contributed by atoms with Crippen LogP contribution in [0.4, 0.5) is 11.6 Å². The summed E-state index contributed by atoms with van der Waals surface area (Å²) in [4.78, 5) is 37.9. The summed E-state index contributed by atoms with van der Waals surface area (Å²) >= 11 is 7.70. The van der Waals surface area contributed by atoms with Gasteiger partial charge in [-0.25, -0.2) is 29.6 Å². The molecule has 0 aliphatic heterocycles. The third kappa shape index (κ3) is 9.59. The van der Waals surface area contributed by atoms with Gasteiger partial charge in [0.15, 0.2) is 6.61 Å². The second-order valence-electron chi connectivity index (χ2n) is 15.0. The van der Waals surface area contributed by atoms with Crippen LogP contribution >= 0.6 is 22.9 Å². The molecule has 2 unspecified atom stereocenters. The zero-order chi connectivity index (χ0) is 43.3. The minimum atomic E-state index is -0.108. The van der Waals surface area contributed by atoms with Crippen LogP contribution in [0.25, 0.3) is 49.5 Å². The molecule has 0 bridgehead atoms. The lowest BCUT2D eigenvalue weighted by atomic mass is 10.0. The Bertz CT molecular complexity index is 2860. The number of likely N-dealkylation sites (N-methyl/N-ethyl adjacent to an activating group) is 1. The van der Waals surface area contributed by atoms with Crippen LogP contribution in [-0.2, 0) is 4.79 Å². The molecule has 0 saturated heterocycles. The van der Waals surface area contributed by atoms with E-state index >= 15 is 0 Å². The third-order valence-corrected chi connectivity index (χ3v) is 11.7. The van der Waals surface area contributed by atoms with Gasteiger partial charge in [-0.05, 0) is 101 Å². The van der Waals surface area contributed by atoms with Crippen LogP contribution in [0.15, 0.2) is 115 Å². The average Bonchev–Trinajstić information content (AvgIpc) is 3.97. The predicted octanol–water partition coefficient (Wildman–Crippen LogP) is 10.9. The number of hydrogen-bond acceptors (Lipinski definition) is 11. The SMILES string of the molecule is CCN(CC)C(=O)COc1cccc(C(C)Nc2cc(-c3cc(-n4cc(-c5cccc(C(C)Nc6cc(-c7ccc(Cl)cc7)nc(C)n6)c5)cn4)c4ncsc4c3)nc(C)n2)c1. The van der Waals surface area contributed by atoms with Crippen molar-refractivity contribution >= 4 is 50.7 Å². The van der Waals surface area contributed by atoms with Crippen LogP contribution in [0.5, 0.6) is 5.75 Å². The van der Waals surface area contributed by atoms with Gasteiger partial charge in [0.25, 0.3) is 5.91 Å². The standard InChI is InChI=1S/C48H47ClN10O2S/c1-7-58(8-2)47(60)27-61-40-14-10-12-35(20-40)30(4)53-46-24-42(55-32(6)57-46)37-21-43(48-44(22-37)62-28-50-48)59-26-38(25-51-59)36-13-9-11-34(19-36)29(3)52-45-23-41(54-31(5)56-45)33-15-17-39(49)18-16-33/h9-26,28-30H,7-8,27H2,1-6H3,(H,52,54,56)(H,53,55,57). The Morgan fingerprint density at radius 1 is 0.758 bits per heavy atom. The highest BCUT2D eigenvalue weighted by Crippen LogP contribution is 2.34. The Labute approximate surface area is 370 Å². The molecule has 0 aliphatic carbocycles. The van der Waals surface area contributed by atoms with Crippen LogP contribution in [0.3, 0.4) is 0 Å². The third-order valence-electron chi connectivity index (χ3n) is 10.6. The molecule has 8 rings (SSSR count). The first-order chi connectivity index (χ1) is 30.0. The zero-order valence-electron chi connectivity index (χ0n) is 35.4. The molecule has 4 heterocycles. The number of rotatable bonds is 15. The maximum atomic E-state index is 12.5. The number of ether oxygens (including phenoxy) is 1. The number of hydrogen-bond donors (Lipinski definition) is 2. The number of anilines is 2. The Hall–Kier alpha value is -6.70. The molecule has 2 atom stereocenters. The fraction of sp³-hybridized carbons (Fsp3) is 0.229. The zero-order valence-corrected chi connectivity index (χ0v) is 37.0. The van der Waals surface area contributed by atoms with E-state index in [0.717, 1.165) is 66.5 Å². The van der Waals surface area contributed by atoms with E-state index in [1.54, 1.807) is 16.2 Å². The molecule has 4 aromatic carbocycles. The van der Waals surface area contributed by atoms with Crippen molar-refractivity contribution in [2.24, 2.45) is 0 Å². The molecule has 0 spiro atoms. The summed E-state index contributed by atoms with van der Waals surface area (Å²) < 4.78 is 8.79. The molecule has 2 N–H and O–H groups in total. The quantitative estimate of drug-likeness (QED) is 0.102. The average molecular weight is 863 g/mol. The summed E-state index contributed by atoms with van der Waals surface area (Å²) in [7, 11) is 0. The van der Waals surface area contributed by atoms with E-state index in [1.165, 1.54) is 0 Å². The van der Waals surface area contributed by atoms with Crippen molar-refractivity contribution in [3.8, 4) is 45.1 Å². The van der Waals surface area contributed by atoms with Crippen molar-refractivity contribution in [2.45, 2.75) is 53.6 Å². The maximum Gasteiger partial charge on any atom is 0.260 e. The molecule has 314 valence electrons. The van der Waals surface area contributed by atoms with Gasteiger partial charge in [0.05, 0.1) is 39.5 Å². The molecule has 62 heavy (non-hydrogen) atoms. The Kier molecular flexibility index (Phi) is 12.5. The summed E-state index contributed by atoms with van der Waals surface area (Å²) in [6.45, 7) is 13.2. The van der Waals surface area contributed by atoms with Gasteiger partial charge >= 0.3 is 0 Å². The number of thiazole rings is 1. The molecule has 12 nitrogen and oxygen atoms in total. The summed E-state index contributed by atoms with van der Waals surface area (Å²) in [6.07, 6.45) is 3.92. The van der Waals surface area contributed by atoms with Gasteiger partial charge in [-0.1, -0.05) is 54.1 Å². The van der Waals surface area contributed by atoms with E-state index < -0.39 is 0 Å². The van der Waals surface area contributed by atoms with E-state index in [0.29, 0.717) is 41.3 Å². The number of carbonyl (C=O) groups excluding carboxylic acids is 1. The van der Waals surface area contributed by atoms with Gasteiger partial charge in [0, 0.05) is 59.2 Å². The molecule has 0 aliphatic rings. The number of benzene rings is 4. The number of aryl methyl sites for hydroxylation is 2. The number of nitrogens with zero attached hydrogens (tertiary/aromatic N) is 8. The van der Waals surface area contributed by atoms with Crippen LogP contribution in [0, 0.1) is 13.8 Å². The second-order valence-corrected chi connectivity index (χ2v) is 16.4. The monoisotopic (exact) mass is 862 g/mol. The molecule has 4 aromatic heterocycles. The largest absolute Gasteiger partial charge is 0.484 e. The normalized spacial score (nSPS) is 12.2. The molecule has 0 fully saturated rings. The Balaban J connectivity index is 1.01. The summed E-state index contributed by atoms with van der Waals surface area (Å²) in [5.74, 6) is 3.36. The maximum absolute atomic E-state index is 12.5. The van der Waals surface area contributed by atoms with E-state index in [-0.39, 0.29) is 24.6 Å². The first kappa shape index (κ1) is 42.0. The summed E-state index contributed by atoms with van der Waals surface area (Å²) in [6, 6.07) is 31.9. The van der Waals surface area contributed by atoms with E-state index in [9.17, 15) is 4.79 Å². The van der Waals surface area contributed by atoms with Gasteiger partial charge in [0.1, 0.15) is 34.6 Å². The Morgan fingerprint density at radius 2 is 1.40 bits per heavy atom. The smallest absolute Gasteiger partial charge is 0.260 e. The molecule has 14 heteroatoms. The fourth-order valence-corrected chi connectivity index (χ4v) is 8.22. The molecule has 1 amide bonds. The number of aromatic nitrogens is 7. The highest BCUT2D eigenvalue weighted by Gasteiger charge is 2.17. The Morgan fingerprint density at radius 3 is 2.08 bits per heavy atom. The van der Waals surface area contributed by atoms with Gasteiger partial charge in [-0.2, -0.15) is 5.10 Å². The van der Waals surface area contributed by atoms with Crippen molar-refractivity contribution in [1.29, 1.82) is 0 Å². The lowest BCUT2D eigenvalue weighted by molar-refractivity contribution is -0.132. The van der Waals surface area contributed by atoms with E-state index in [1.807, 2.05) is 111 Å². The molecular formula is C48H47ClN10O2S. The lowest BCUT2D eigenvalue weighted by Crippen LogP contribution is -2.34. The number of carbonyl (C=O) groups is 1. The highest BCUT2D eigenvalue weighted by atomic mass is 35.5. The van der Waals surface area contributed by atoms with Gasteiger partial charge in [-0.15, -0.1) is 11.3 Å². The number of halogens is 1. The minimum absolute atomic E-state index is 0.00291. The molecule has 0 saturated carbocycles. The minimum Gasteiger partial charge on any atom is -0.484 e. The van der Waals surface area contributed by atoms with Crippen molar-refractivity contribution in [3.05, 3.63) is 143 Å². The van der Waals surface area contributed by atoms with E-state index in [2.05, 4.69) is 70.8 Å². The molecule has 8 aromatic rings. The summed E-state index contributed by atoms with van der Waals surface area (Å²) in [5, 5.41) is 12.7. The molecular weight excluding hydrogens is 816 g/mol. The van der Waals surface area contributed by atoms with Gasteiger partial charge in [0.2, 0.25) is 0 Å². The van der Waals surface area contributed by atoms with Crippen molar-refractivity contribution in [1.82, 2.24) is 39.6 Å². The predicted molar refractivity (Wildman–Crippen MR) is 249 cm³/mol. The lowest BCUT2D eigenvalue weighted by Gasteiger charge is -2.19. The fourth-order valence-electron chi connectivity index (χ4n) is 7.36. The van der Waals surface area contributed by atoms with Crippen molar-refractivity contribution in [2.75, 3.05) is 30.3 Å². The van der Waals surface area contributed by atoms with E-state index in [4.69, 9.17) is 36.4 Å². The molecule has 0 radical (unpaired) electrons. The van der Waals surface area contributed by atoms with Crippen LogP contribution in [-0.4, -0.2) is 65.2 Å². The summed E-state index contributed by atoms with van der Waals surface area (Å²) in [5.41, 5.74) is 11.2. The first-order valence-corrected chi connectivity index (χ1v) is 21.8. The van der Waals surface area contributed by atoms with Crippen molar-refractivity contribution < 1.29 is 9.53 Å². The van der Waals surface area contributed by atoms with Gasteiger partial charge < -0.3 is 20.3 Å². The number of fused-ring (bicyclic) bond motifs is 1. The van der Waals surface area contributed by atoms with Crippen LogP contribution < -0.4 is 15.4 Å². The van der Waals surface area contributed by atoms with Crippen molar-refractivity contribution in [3.63, 3.8) is 0 Å². The second kappa shape index (κ2) is 18.5. The highest BCUT2D eigenvalue weighted by molar-refractivity contribution is 7.16. The van der Waals surface area contributed by atoms with Crippen LogP contribution in [0.2, 0.25) is 5.02 Å². The number of amides is 1. The number of nitrogens with one attached hydrogen (secondary N) is 2. The van der Waals surface area contributed by atoms with Crippen LogP contribution in [0.1, 0.15) is 62.6 Å². The van der Waals surface area contributed by atoms with Gasteiger partial charge in [-0.3, -0.25) is 4.79 Å². The topological polar surface area (TPSA) is 136 Å². The first-order valence-electron chi connectivity index (χ1n) is 20.6.